The van der Waals surface area contributed by atoms with E-state index in [1.807, 2.05) is 36.4 Å². The Bertz CT molecular complexity index is 885. The van der Waals surface area contributed by atoms with Crippen LogP contribution in [-0.4, -0.2) is 22.6 Å². The number of nitrogens with zero attached hydrogens (tertiary/aromatic N) is 2. The van der Waals surface area contributed by atoms with Gasteiger partial charge in [0, 0.05) is 23.4 Å². The predicted octanol–water partition coefficient (Wildman–Crippen LogP) is 4.58. The molecule has 0 radical (unpaired) electrons. The van der Waals surface area contributed by atoms with Crippen molar-refractivity contribution in [2.75, 3.05) is 11.9 Å². The topological polar surface area (TPSA) is 66.9 Å². The number of rotatable bonds is 6. The largest absolute Gasteiger partial charge is 0.352 e. The van der Waals surface area contributed by atoms with Crippen molar-refractivity contribution in [1.82, 2.24) is 15.5 Å². The molecule has 2 aromatic carbocycles. The molecule has 0 bridgehead atoms. The highest BCUT2D eigenvalue weighted by Gasteiger charge is 2.06. The van der Waals surface area contributed by atoms with Gasteiger partial charge in [0.15, 0.2) is 5.82 Å². The van der Waals surface area contributed by atoms with E-state index in [0.29, 0.717) is 23.8 Å². The smallest absolute Gasteiger partial charge is 0.251 e. The van der Waals surface area contributed by atoms with Crippen LogP contribution < -0.4 is 10.6 Å². The fourth-order valence-electron chi connectivity index (χ4n) is 2.53. The number of nitrogens with one attached hydrogen (secondary N) is 2. The van der Waals surface area contributed by atoms with Gasteiger partial charge in [-0.1, -0.05) is 43.7 Å². The number of carbonyl (C=O) groups is 1. The minimum Gasteiger partial charge on any atom is -0.352 e. The molecule has 1 amide bonds. The van der Waals surface area contributed by atoms with Gasteiger partial charge in [-0.25, -0.2) is 0 Å². The Morgan fingerprint density at radius 2 is 1.63 bits per heavy atom. The monoisotopic (exact) mass is 360 g/mol. The molecule has 0 unspecified atom stereocenters. The van der Waals surface area contributed by atoms with E-state index in [1.165, 1.54) is 5.56 Å². The standard InChI is InChI=1S/C22H24N4O/c1-15(2)14-23-22(27)18-8-10-19(11-9-18)24-21-13-12-20(25-26-21)17-6-4-16(3)5-7-17/h4-13,15H,14H2,1-3H3,(H,23,27)(H,24,26). The summed E-state index contributed by atoms with van der Waals surface area (Å²) in [4.78, 5) is 12.1. The Morgan fingerprint density at radius 3 is 2.22 bits per heavy atom. The molecule has 5 heteroatoms. The lowest BCUT2D eigenvalue weighted by Gasteiger charge is -2.09. The Balaban J connectivity index is 1.63. The number of anilines is 2. The summed E-state index contributed by atoms with van der Waals surface area (Å²) in [6.45, 7) is 6.86. The summed E-state index contributed by atoms with van der Waals surface area (Å²) in [5.74, 6) is 1.02. The first-order chi connectivity index (χ1) is 13.0. The van der Waals surface area contributed by atoms with Gasteiger partial charge < -0.3 is 10.6 Å². The molecular weight excluding hydrogens is 336 g/mol. The molecule has 0 saturated heterocycles. The maximum absolute atomic E-state index is 12.1. The van der Waals surface area contributed by atoms with Crippen LogP contribution in [0.3, 0.4) is 0 Å². The predicted molar refractivity (Wildman–Crippen MR) is 109 cm³/mol. The summed E-state index contributed by atoms with van der Waals surface area (Å²) in [6.07, 6.45) is 0. The van der Waals surface area contributed by atoms with Gasteiger partial charge in [-0.3, -0.25) is 4.79 Å². The van der Waals surface area contributed by atoms with Crippen LogP contribution in [0, 0.1) is 12.8 Å². The lowest BCUT2D eigenvalue weighted by Crippen LogP contribution is -2.27. The van der Waals surface area contributed by atoms with Gasteiger partial charge in [-0.15, -0.1) is 10.2 Å². The molecule has 0 aliphatic heterocycles. The molecule has 3 rings (SSSR count). The molecule has 138 valence electrons. The molecular formula is C22H24N4O. The Hall–Kier alpha value is -3.21. The summed E-state index contributed by atoms with van der Waals surface area (Å²) < 4.78 is 0. The highest BCUT2D eigenvalue weighted by molar-refractivity contribution is 5.94. The van der Waals surface area contributed by atoms with Gasteiger partial charge in [0.2, 0.25) is 0 Å². The molecule has 0 atom stereocenters. The van der Waals surface area contributed by atoms with Gasteiger partial charge in [0.05, 0.1) is 5.69 Å². The molecule has 2 N–H and O–H groups in total. The fraction of sp³-hybridized carbons (Fsp3) is 0.227. The Kier molecular flexibility index (Phi) is 5.81. The maximum Gasteiger partial charge on any atom is 0.251 e. The summed E-state index contributed by atoms with van der Waals surface area (Å²) in [6, 6.07) is 19.3. The normalized spacial score (nSPS) is 10.7. The van der Waals surface area contributed by atoms with E-state index < -0.39 is 0 Å². The van der Waals surface area contributed by atoms with Crippen molar-refractivity contribution in [2.24, 2.45) is 5.92 Å². The van der Waals surface area contributed by atoms with E-state index in [-0.39, 0.29) is 5.91 Å². The molecule has 1 heterocycles. The first-order valence-electron chi connectivity index (χ1n) is 9.07. The molecule has 0 fully saturated rings. The van der Waals surface area contributed by atoms with Crippen LogP contribution in [0.5, 0.6) is 0 Å². The van der Waals surface area contributed by atoms with Crippen LogP contribution in [-0.2, 0) is 0 Å². The minimum absolute atomic E-state index is 0.0579. The van der Waals surface area contributed by atoms with Gasteiger partial charge >= 0.3 is 0 Å². The van der Waals surface area contributed by atoms with Crippen molar-refractivity contribution in [3.05, 3.63) is 71.8 Å². The minimum atomic E-state index is -0.0579. The second-order valence-corrected chi connectivity index (χ2v) is 6.98. The zero-order chi connectivity index (χ0) is 19.2. The van der Waals surface area contributed by atoms with E-state index in [4.69, 9.17) is 0 Å². The average molecular weight is 360 g/mol. The maximum atomic E-state index is 12.1. The number of carbonyl (C=O) groups excluding carboxylic acids is 1. The van der Waals surface area contributed by atoms with E-state index in [9.17, 15) is 4.79 Å². The van der Waals surface area contributed by atoms with Gasteiger partial charge in [-0.2, -0.15) is 0 Å². The van der Waals surface area contributed by atoms with E-state index in [2.05, 4.69) is 53.7 Å². The lowest BCUT2D eigenvalue weighted by molar-refractivity contribution is 0.0949. The summed E-state index contributed by atoms with van der Waals surface area (Å²) >= 11 is 0. The number of aryl methyl sites for hydroxylation is 1. The van der Waals surface area contributed by atoms with Crippen LogP contribution in [0.25, 0.3) is 11.3 Å². The van der Waals surface area contributed by atoms with Gasteiger partial charge in [0.1, 0.15) is 0 Å². The molecule has 0 saturated carbocycles. The summed E-state index contributed by atoms with van der Waals surface area (Å²) in [5, 5.41) is 14.6. The molecule has 5 nitrogen and oxygen atoms in total. The third-order valence-electron chi connectivity index (χ3n) is 4.10. The molecule has 0 aliphatic carbocycles. The number of benzene rings is 2. The molecule has 0 aliphatic rings. The van der Waals surface area contributed by atoms with Gasteiger partial charge in [-0.05, 0) is 49.2 Å². The zero-order valence-corrected chi connectivity index (χ0v) is 15.9. The lowest BCUT2D eigenvalue weighted by atomic mass is 10.1. The summed E-state index contributed by atoms with van der Waals surface area (Å²) in [5.41, 5.74) is 4.58. The van der Waals surface area contributed by atoms with Crippen LogP contribution >= 0.6 is 0 Å². The van der Waals surface area contributed by atoms with Crippen LogP contribution in [0.1, 0.15) is 29.8 Å². The Morgan fingerprint density at radius 1 is 0.926 bits per heavy atom. The van der Waals surface area contributed by atoms with Crippen molar-refractivity contribution >= 4 is 17.4 Å². The van der Waals surface area contributed by atoms with Crippen molar-refractivity contribution in [3.63, 3.8) is 0 Å². The van der Waals surface area contributed by atoms with E-state index >= 15 is 0 Å². The number of aromatic nitrogens is 2. The number of hydrogen-bond donors (Lipinski definition) is 2. The molecule has 1 aromatic heterocycles. The number of amides is 1. The van der Waals surface area contributed by atoms with E-state index in [1.54, 1.807) is 12.1 Å². The molecule has 0 spiro atoms. The first-order valence-corrected chi connectivity index (χ1v) is 9.07. The average Bonchev–Trinajstić information content (AvgIpc) is 2.68. The fourth-order valence-corrected chi connectivity index (χ4v) is 2.53. The van der Waals surface area contributed by atoms with Crippen LogP contribution in [0.4, 0.5) is 11.5 Å². The first kappa shape index (κ1) is 18.6. The number of hydrogen-bond acceptors (Lipinski definition) is 4. The van der Waals surface area contributed by atoms with Crippen LogP contribution in [0.15, 0.2) is 60.7 Å². The summed E-state index contributed by atoms with van der Waals surface area (Å²) in [7, 11) is 0. The second kappa shape index (κ2) is 8.45. The quantitative estimate of drug-likeness (QED) is 0.675. The second-order valence-electron chi connectivity index (χ2n) is 6.98. The molecule has 27 heavy (non-hydrogen) atoms. The third kappa shape index (κ3) is 5.14. The zero-order valence-electron chi connectivity index (χ0n) is 15.9. The van der Waals surface area contributed by atoms with Crippen molar-refractivity contribution in [1.29, 1.82) is 0 Å². The van der Waals surface area contributed by atoms with Gasteiger partial charge in [0.25, 0.3) is 5.91 Å². The highest BCUT2D eigenvalue weighted by atomic mass is 16.1. The van der Waals surface area contributed by atoms with E-state index in [0.717, 1.165) is 16.9 Å². The SMILES string of the molecule is Cc1ccc(-c2ccc(Nc3ccc(C(=O)NCC(C)C)cc3)nn2)cc1. The van der Waals surface area contributed by atoms with Crippen molar-refractivity contribution < 1.29 is 4.79 Å². The van der Waals surface area contributed by atoms with Crippen LogP contribution in [0.2, 0.25) is 0 Å². The molecule has 3 aromatic rings. The van der Waals surface area contributed by atoms with Crippen molar-refractivity contribution in [3.8, 4) is 11.3 Å². The Labute approximate surface area is 159 Å². The van der Waals surface area contributed by atoms with Crippen molar-refractivity contribution in [2.45, 2.75) is 20.8 Å². The third-order valence-corrected chi connectivity index (χ3v) is 4.10. The highest BCUT2D eigenvalue weighted by Crippen LogP contribution is 2.20.